The first-order valence-electron chi connectivity index (χ1n) is 9.29. The summed E-state index contributed by atoms with van der Waals surface area (Å²) in [5.74, 6) is -2.83. The number of rotatable bonds is 9. The Morgan fingerprint density at radius 2 is 2.10 bits per heavy atom. The van der Waals surface area contributed by atoms with Gasteiger partial charge >= 0.3 is 5.97 Å². The lowest BCUT2D eigenvalue weighted by Crippen LogP contribution is -2.54. The zero-order chi connectivity index (χ0) is 21.0. The number of pyridine rings is 1. The van der Waals surface area contributed by atoms with Crippen molar-refractivity contribution in [1.82, 2.24) is 9.58 Å². The third-order valence-electron chi connectivity index (χ3n) is 4.53. The van der Waals surface area contributed by atoms with Crippen molar-refractivity contribution in [3.8, 4) is 5.75 Å². The quantitative estimate of drug-likeness (QED) is 0.593. The number of amides is 1. The molecule has 3 rings (SSSR count). The molecule has 3 heterocycles. The predicted molar refractivity (Wildman–Crippen MR) is 107 cm³/mol. The average Bonchev–Trinajstić information content (AvgIpc) is 3.19. The van der Waals surface area contributed by atoms with E-state index in [1.807, 2.05) is 23.8 Å². The number of fused-ring (bicyclic) bond motifs is 1. The number of ether oxygens (including phenoxy) is 1. The number of carboxylic acid groups (broad SMARTS) is 1. The lowest BCUT2D eigenvalue weighted by molar-refractivity contribution is 0.0637. The molecule has 29 heavy (non-hydrogen) atoms. The van der Waals surface area contributed by atoms with Crippen LogP contribution < -0.4 is 10.4 Å². The number of hydrogen-bond donors (Lipinski definition) is 2. The van der Waals surface area contributed by atoms with Gasteiger partial charge < -0.3 is 19.8 Å². The molecule has 0 saturated heterocycles. The fraction of sp³-hybridized carbons (Fsp3) is 0.421. The molecule has 0 fully saturated rings. The summed E-state index contributed by atoms with van der Waals surface area (Å²) in [6.07, 6.45) is 2.62. The smallest absolute Gasteiger partial charge is 0.341 e. The molecule has 9 nitrogen and oxygen atoms in total. The van der Waals surface area contributed by atoms with Gasteiger partial charge in [0.05, 0.1) is 6.54 Å². The van der Waals surface area contributed by atoms with E-state index in [4.69, 9.17) is 4.74 Å². The fourth-order valence-corrected chi connectivity index (χ4v) is 3.80. The van der Waals surface area contributed by atoms with Crippen LogP contribution in [0.2, 0.25) is 0 Å². The third kappa shape index (κ3) is 4.43. The van der Waals surface area contributed by atoms with E-state index in [0.717, 1.165) is 18.2 Å². The molecule has 0 unspecified atom stereocenters. The number of carbonyl (C=O) groups excluding carboxylic acids is 1. The van der Waals surface area contributed by atoms with Crippen molar-refractivity contribution in [2.45, 2.75) is 26.3 Å². The van der Waals surface area contributed by atoms with Crippen molar-refractivity contribution in [2.75, 3.05) is 31.4 Å². The molecule has 10 heteroatoms. The Balaban J connectivity index is 1.94. The average molecular weight is 421 g/mol. The van der Waals surface area contributed by atoms with E-state index in [0.29, 0.717) is 32.7 Å². The number of carboxylic acids is 1. The van der Waals surface area contributed by atoms with Crippen LogP contribution >= 0.6 is 11.3 Å². The highest BCUT2D eigenvalue weighted by Crippen LogP contribution is 2.23. The van der Waals surface area contributed by atoms with Crippen LogP contribution in [0.25, 0.3) is 0 Å². The standard InChI is InChI=1S/C19H23N3O6S/c1-2-6-28-7-3-5-20-12-21(9-13-4-8-29-11-13)22-10-14(19(26)27)16(23)17(24)15(22)18(20)25/h4,8,10-11,24H,2-3,5-7,9,12H2,1H3,(H,26,27). The largest absolute Gasteiger partial charge is 0.502 e. The molecular weight excluding hydrogens is 398 g/mol. The third-order valence-corrected chi connectivity index (χ3v) is 5.27. The van der Waals surface area contributed by atoms with E-state index in [-0.39, 0.29) is 12.4 Å². The van der Waals surface area contributed by atoms with Crippen LogP contribution in [0.5, 0.6) is 5.75 Å². The van der Waals surface area contributed by atoms with Gasteiger partial charge in [-0.2, -0.15) is 11.3 Å². The number of aromatic nitrogens is 1. The summed E-state index contributed by atoms with van der Waals surface area (Å²) in [6.45, 7) is 4.12. The summed E-state index contributed by atoms with van der Waals surface area (Å²) in [5, 5.41) is 25.2. The molecule has 2 aromatic rings. The second kappa shape index (κ2) is 9.10. The lowest BCUT2D eigenvalue weighted by Gasteiger charge is -2.39. The molecule has 0 saturated carbocycles. The maximum atomic E-state index is 12.9. The van der Waals surface area contributed by atoms with Crippen molar-refractivity contribution in [3.05, 3.63) is 50.1 Å². The molecule has 0 aliphatic carbocycles. The minimum atomic E-state index is -1.46. The first-order valence-corrected chi connectivity index (χ1v) is 10.2. The summed E-state index contributed by atoms with van der Waals surface area (Å²) in [5.41, 5.74) is -0.913. The predicted octanol–water partition coefficient (Wildman–Crippen LogP) is 1.68. The van der Waals surface area contributed by atoms with Crippen molar-refractivity contribution in [1.29, 1.82) is 0 Å². The van der Waals surface area contributed by atoms with Crippen LogP contribution in [0.4, 0.5) is 0 Å². The Morgan fingerprint density at radius 1 is 1.31 bits per heavy atom. The van der Waals surface area contributed by atoms with Crippen molar-refractivity contribution < 1.29 is 24.5 Å². The van der Waals surface area contributed by atoms with Crippen LogP contribution in [0, 0.1) is 0 Å². The maximum absolute atomic E-state index is 12.9. The van der Waals surface area contributed by atoms with Gasteiger partial charge in [-0.1, -0.05) is 6.92 Å². The molecule has 156 valence electrons. The van der Waals surface area contributed by atoms with Gasteiger partial charge in [0.25, 0.3) is 5.91 Å². The van der Waals surface area contributed by atoms with E-state index < -0.39 is 28.6 Å². The highest BCUT2D eigenvalue weighted by molar-refractivity contribution is 7.07. The molecule has 0 atom stereocenters. The molecule has 0 aromatic carbocycles. The first-order chi connectivity index (χ1) is 13.9. The summed E-state index contributed by atoms with van der Waals surface area (Å²) < 4.78 is 6.74. The van der Waals surface area contributed by atoms with Gasteiger partial charge in [0.1, 0.15) is 12.2 Å². The van der Waals surface area contributed by atoms with Crippen LogP contribution in [0.3, 0.4) is 0 Å². The van der Waals surface area contributed by atoms with E-state index in [9.17, 15) is 24.6 Å². The van der Waals surface area contributed by atoms with Gasteiger partial charge in [-0.15, -0.1) is 0 Å². The number of thiophene rings is 1. The monoisotopic (exact) mass is 421 g/mol. The zero-order valence-corrected chi connectivity index (χ0v) is 16.9. The first kappa shape index (κ1) is 20.9. The summed E-state index contributed by atoms with van der Waals surface area (Å²) in [7, 11) is 0. The molecule has 0 radical (unpaired) electrons. The van der Waals surface area contributed by atoms with Gasteiger partial charge in [0.2, 0.25) is 5.43 Å². The maximum Gasteiger partial charge on any atom is 0.341 e. The number of nitrogens with zero attached hydrogens (tertiary/aromatic N) is 3. The van der Waals surface area contributed by atoms with E-state index in [1.165, 1.54) is 20.9 Å². The van der Waals surface area contributed by atoms with Gasteiger partial charge in [-0.3, -0.25) is 19.3 Å². The van der Waals surface area contributed by atoms with E-state index >= 15 is 0 Å². The van der Waals surface area contributed by atoms with Gasteiger partial charge in [-0.25, -0.2) is 4.79 Å². The van der Waals surface area contributed by atoms with Crippen LogP contribution in [-0.2, 0) is 11.3 Å². The Labute approximate surface area is 171 Å². The molecule has 0 bridgehead atoms. The Hall–Kier alpha value is -2.85. The topological polar surface area (TPSA) is 112 Å². The molecule has 2 N–H and O–H groups in total. The Morgan fingerprint density at radius 3 is 2.76 bits per heavy atom. The van der Waals surface area contributed by atoms with Crippen molar-refractivity contribution >= 4 is 23.2 Å². The zero-order valence-electron chi connectivity index (χ0n) is 16.0. The van der Waals surface area contributed by atoms with Crippen molar-refractivity contribution in [3.63, 3.8) is 0 Å². The Kier molecular flexibility index (Phi) is 6.55. The van der Waals surface area contributed by atoms with Crippen LogP contribution in [-0.4, -0.2) is 58.1 Å². The number of carbonyl (C=O) groups is 2. The van der Waals surface area contributed by atoms with Gasteiger partial charge in [-0.05, 0) is 35.2 Å². The van der Waals surface area contributed by atoms with Crippen LogP contribution in [0.1, 0.15) is 46.2 Å². The molecule has 1 aliphatic heterocycles. The van der Waals surface area contributed by atoms with Gasteiger partial charge in [0.15, 0.2) is 11.4 Å². The highest BCUT2D eigenvalue weighted by atomic mass is 32.1. The molecule has 2 aromatic heterocycles. The van der Waals surface area contributed by atoms with E-state index in [1.54, 1.807) is 5.01 Å². The Bertz CT molecular complexity index is 940. The number of hydrogen-bond acceptors (Lipinski definition) is 7. The fourth-order valence-electron chi connectivity index (χ4n) is 3.14. The SMILES string of the molecule is CCCOCCCN1CN(Cc2ccsc2)n2cc(C(=O)O)c(=O)c(O)c2C1=O. The molecule has 0 spiro atoms. The minimum absolute atomic E-state index is 0.191. The summed E-state index contributed by atoms with van der Waals surface area (Å²) >= 11 is 1.52. The molecular formula is C19H23N3O6S. The van der Waals surface area contributed by atoms with Crippen LogP contribution in [0.15, 0.2) is 27.8 Å². The summed E-state index contributed by atoms with van der Waals surface area (Å²) in [6, 6.07) is 1.92. The van der Waals surface area contributed by atoms with Crippen molar-refractivity contribution in [2.24, 2.45) is 0 Å². The number of aromatic carboxylic acids is 1. The normalized spacial score (nSPS) is 13.6. The van der Waals surface area contributed by atoms with Gasteiger partial charge in [0, 0.05) is 26.0 Å². The minimum Gasteiger partial charge on any atom is -0.502 e. The van der Waals surface area contributed by atoms with E-state index in [2.05, 4.69) is 0 Å². The number of aromatic hydroxyl groups is 1. The molecule has 1 aliphatic rings. The summed E-state index contributed by atoms with van der Waals surface area (Å²) in [4.78, 5) is 38.1. The lowest BCUT2D eigenvalue weighted by atomic mass is 10.2. The second-order valence-electron chi connectivity index (χ2n) is 6.69. The molecule has 1 amide bonds. The second-order valence-corrected chi connectivity index (χ2v) is 7.47. The highest BCUT2D eigenvalue weighted by Gasteiger charge is 2.34.